The van der Waals surface area contributed by atoms with E-state index in [-0.39, 0.29) is 12.4 Å². The van der Waals surface area contributed by atoms with Gasteiger partial charge < -0.3 is 14.5 Å². The molecule has 2 aromatic carbocycles. The molecule has 0 unspecified atom stereocenters. The highest BCUT2D eigenvalue weighted by atomic mass is 16.5. The highest BCUT2D eigenvalue weighted by Gasteiger charge is 2.09. The number of hydrogen-bond acceptors (Lipinski definition) is 5. The summed E-state index contributed by atoms with van der Waals surface area (Å²) in [6, 6.07) is 15.5. The summed E-state index contributed by atoms with van der Waals surface area (Å²) >= 11 is 0. The molecular formula is C16H14N2O3. The molecule has 0 saturated heterocycles. The first-order chi connectivity index (χ1) is 10.2. The van der Waals surface area contributed by atoms with Gasteiger partial charge in [-0.25, -0.2) is 0 Å². The minimum absolute atomic E-state index is 0.223. The molecule has 0 atom stereocenters. The largest absolute Gasteiger partial charge is 0.469 e. The second kappa shape index (κ2) is 5.66. The van der Waals surface area contributed by atoms with Crippen molar-refractivity contribution in [1.82, 2.24) is 4.98 Å². The van der Waals surface area contributed by atoms with Crippen LogP contribution in [0, 0.1) is 0 Å². The number of nitrogens with zero attached hydrogens (tertiary/aromatic N) is 1. The van der Waals surface area contributed by atoms with Gasteiger partial charge in [0.2, 0.25) is 0 Å². The topological polar surface area (TPSA) is 64.4 Å². The molecular weight excluding hydrogens is 268 g/mol. The van der Waals surface area contributed by atoms with Crippen LogP contribution in [0.2, 0.25) is 0 Å². The first-order valence-electron chi connectivity index (χ1n) is 6.53. The van der Waals surface area contributed by atoms with Crippen molar-refractivity contribution in [3.63, 3.8) is 0 Å². The van der Waals surface area contributed by atoms with Crippen LogP contribution in [-0.4, -0.2) is 18.1 Å². The Morgan fingerprint density at radius 1 is 1.24 bits per heavy atom. The lowest BCUT2D eigenvalue weighted by molar-refractivity contribution is -0.139. The van der Waals surface area contributed by atoms with Crippen molar-refractivity contribution in [1.29, 1.82) is 0 Å². The summed E-state index contributed by atoms with van der Waals surface area (Å²) in [5.41, 5.74) is 3.12. The molecule has 21 heavy (non-hydrogen) atoms. The normalized spacial score (nSPS) is 10.5. The minimum atomic E-state index is -0.277. The van der Waals surface area contributed by atoms with Crippen molar-refractivity contribution in [2.24, 2.45) is 0 Å². The minimum Gasteiger partial charge on any atom is -0.469 e. The lowest BCUT2D eigenvalue weighted by atomic mass is 10.1. The SMILES string of the molecule is COC(=O)Cc1ccc2oc(Nc3ccccc3)nc2c1. The number of carbonyl (C=O) groups is 1. The van der Waals surface area contributed by atoms with Gasteiger partial charge in [-0.05, 0) is 29.8 Å². The highest BCUT2D eigenvalue weighted by molar-refractivity contribution is 5.79. The van der Waals surface area contributed by atoms with Gasteiger partial charge in [-0.2, -0.15) is 4.98 Å². The summed E-state index contributed by atoms with van der Waals surface area (Å²) in [5.74, 6) is -0.277. The molecule has 1 N–H and O–H groups in total. The van der Waals surface area contributed by atoms with Gasteiger partial charge >= 0.3 is 5.97 Å². The molecule has 0 bridgehead atoms. The standard InChI is InChI=1S/C16H14N2O3/c1-20-15(19)10-11-7-8-14-13(9-11)18-16(21-14)17-12-5-3-2-4-6-12/h2-9H,10H2,1H3,(H,17,18). The van der Waals surface area contributed by atoms with Crippen LogP contribution in [0.5, 0.6) is 0 Å². The maximum atomic E-state index is 11.3. The van der Waals surface area contributed by atoms with Crippen molar-refractivity contribution < 1.29 is 13.9 Å². The lowest BCUT2D eigenvalue weighted by Crippen LogP contribution is -2.04. The van der Waals surface area contributed by atoms with Crippen LogP contribution in [0.1, 0.15) is 5.56 Å². The van der Waals surface area contributed by atoms with Crippen molar-refractivity contribution in [2.75, 3.05) is 12.4 Å². The molecule has 106 valence electrons. The van der Waals surface area contributed by atoms with Crippen LogP contribution in [0.15, 0.2) is 52.9 Å². The van der Waals surface area contributed by atoms with Crippen LogP contribution < -0.4 is 5.32 Å². The van der Waals surface area contributed by atoms with Crippen LogP contribution >= 0.6 is 0 Å². The fourth-order valence-electron chi connectivity index (χ4n) is 2.02. The van der Waals surface area contributed by atoms with Crippen LogP contribution in [0.3, 0.4) is 0 Å². The molecule has 3 rings (SSSR count). The van der Waals surface area contributed by atoms with E-state index in [1.165, 1.54) is 7.11 Å². The Bertz CT molecular complexity index is 766. The van der Waals surface area contributed by atoms with Crippen LogP contribution in [0.4, 0.5) is 11.7 Å². The number of ether oxygens (including phenoxy) is 1. The summed E-state index contributed by atoms with van der Waals surface area (Å²) in [5, 5.41) is 3.10. The average Bonchev–Trinajstić information content (AvgIpc) is 2.89. The van der Waals surface area contributed by atoms with Crippen LogP contribution in [0.25, 0.3) is 11.1 Å². The van der Waals surface area contributed by atoms with E-state index in [0.717, 1.165) is 11.3 Å². The number of para-hydroxylation sites is 1. The van der Waals surface area contributed by atoms with E-state index >= 15 is 0 Å². The number of carbonyl (C=O) groups excluding carboxylic acids is 1. The van der Waals surface area contributed by atoms with E-state index in [2.05, 4.69) is 15.0 Å². The molecule has 5 heteroatoms. The zero-order valence-corrected chi connectivity index (χ0v) is 11.5. The van der Waals surface area contributed by atoms with Gasteiger partial charge in [0.15, 0.2) is 5.58 Å². The van der Waals surface area contributed by atoms with Gasteiger partial charge in [-0.3, -0.25) is 4.79 Å². The number of anilines is 2. The maximum absolute atomic E-state index is 11.3. The van der Waals surface area contributed by atoms with Crippen molar-refractivity contribution >= 4 is 28.8 Å². The number of nitrogens with one attached hydrogen (secondary N) is 1. The van der Waals surface area contributed by atoms with E-state index in [4.69, 9.17) is 4.42 Å². The fraction of sp³-hybridized carbons (Fsp3) is 0.125. The maximum Gasteiger partial charge on any atom is 0.309 e. The Balaban J connectivity index is 1.84. The third-order valence-electron chi connectivity index (χ3n) is 3.05. The predicted molar refractivity (Wildman–Crippen MR) is 79.5 cm³/mol. The van der Waals surface area contributed by atoms with Gasteiger partial charge in [0, 0.05) is 5.69 Å². The molecule has 0 spiro atoms. The number of fused-ring (bicyclic) bond motifs is 1. The van der Waals surface area contributed by atoms with Gasteiger partial charge in [0.05, 0.1) is 13.5 Å². The Kier molecular flexibility index (Phi) is 3.55. The number of hydrogen-bond donors (Lipinski definition) is 1. The molecule has 0 amide bonds. The number of oxazole rings is 1. The van der Waals surface area contributed by atoms with Gasteiger partial charge in [-0.15, -0.1) is 0 Å². The summed E-state index contributed by atoms with van der Waals surface area (Å²) in [6.07, 6.45) is 0.223. The summed E-state index contributed by atoms with van der Waals surface area (Å²) < 4.78 is 10.3. The van der Waals surface area contributed by atoms with E-state index in [1.54, 1.807) is 6.07 Å². The lowest BCUT2D eigenvalue weighted by Gasteiger charge is -1.98. The third kappa shape index (κ3) is 3.02. The molecule has 3 aromatic rings. The molecule has 5 nitrogen and oxygen atoms in total. The molecule has 0 radical (unpaired) electrons. The van der Waals surface area contributed by atoms with Gasteiger partial charge in [-0.1, -0.05) is 24.3 Å². The van der Waals surface area contributed by atoms with E-state index < -0.39 is 0 Å². The van der Waals surface area contributed by atoms with E-state index in [1.807, 2.05) is 42.5 Å². The van der Waals surface area contributed by atoms with Crippen LogP contribution in [-0.2, 0) is 16.0 Å². The number of benzene rings is 2. The smallest absolute Gasteiger partial charge is 0.309 e. The first-order valence-corrected chi connectivity index (χ1v) is 6.53. The molecule has 1 aromatic heterocycles. The Hall–Kier alpha value is -2.82. The first kappa shape index (κ1) is 13.2. The second-order valence-corrected chi connectivity index (χ2v) is 4.57. The average molecular weight is 282 g/mol. The zero-order chi connectivity index (χ0) is 14.7. The fourth-order valence-corrected chi connectivity index (χ4v) is 2.02. The Morgan fingerprint density at radius 2 is 2.05 bits per heavy atom. The molecule has 1 heterocycles. The number of methoxy groups -OCH3 is 1. The molecule has 0 fully saturated rings. The molecule has 0 aliphatic rings. The van der Waals surface area contributed by atoms with E-state index in [0.29, 0.717) is 17.1 Å². The highest BCUT2D eigenvalue weighted by Crippen LogP contribution is 2.23. The Morgan fingerprint density at radius 3 is 2.81 bits per heavy atom. The Labute approximate surface area is 121 Å². The van der Waals surface area contributed by atoms with E-state index in [9.17, 15) is 4.79 Å². The summed E-state index contributed by atoms with van der Waals surface area (Å²) in [4.78, 5) is 15.7. The van der Waals surface area contributed by atoms with Gasteiger partial charge in [0.25, 0.3) is 6.01 Å². The molecule has 0 saturated carbocycles. The van der Waals surface area contributed by atoms with Crippen molar-refractivity contribution in [3.05, 3.63) is 54.1 Å². The number of esters is 1. The zero-order valence-electron chi connectivity index (χ0n) is 11.5. The number of rotatable bonds is 4. The predicted octanol–water partition coefficient (Wildman–Crippen LogP) is 3.29. The van der Waals surface area contributed by atoms with Crippen molar-refractivity contribution in [3.8, 4) is 0 Å². The quantitative estimate of drug-likeness (QED) is 0.744. The van der Waals surface area contributed by atoms with Gasteiger partial charge in [0.1, 0.15) is 5.52 Å². The second-order valence-electron chi connectivity index (χ2n) is 4.57. The third-order valence-corrected chi connectivity index (χ3v) is 3.05. The molecule has 0 aliphatic carbocycles. The van der Waals surface area contributed by atoms with Crippen molar-refractivity contribution in [2.45, 2.75) is 6.42 Å². The summed E-state index contributed by atoms with van der Waals surface area (Å²) in [7, 11) is 1.37. The molecule has 0 aliphatic heterocycles. The number of aromatic nitrogens is 1. The summed E-state index contributed by atoms with van der Waals surface area (Å²) in [6.45, 7) is 0. The monoisotopic (exact) mass is 282 g/mol.